The molecule has 6 nitrogen and oxygen atoms in total. The van der Waals surface area contributed by atoms with Crippen LogP contribution in [0.3, 0.4) is 0 Å². The quantitative estimate of drug-likeness (QED) is 0.604. The molecule has 0 fully saturated rings. The van der Waals surface area contributed by atoms with Gasteiger partial charge in [0.15, 0.2) is 11.0 Å². The number of carbonyl (C=O) groups is 1. The predicted molar refractivity (Wildman–Crippen MR) is 98.7 cm³/mol. The van der Waals surface area contributed by atoms with E-state index in [-0.39, 0.29) is 0 Å². The van der Waals surface area contributed by atoms with Crippen LogP contribution in [-0.4, -0.2) is 33.1 Å². The number of thioether (sulfide) groups is 1. The number of hydrogen-bond acceptors (Lipinski definition) is 6. The Labute approximate surface area is 159 Å². The number of benzene rings is 2. The average molecular weight is 389 g/mol. The van der Waals surface area contributed by atoms with Crippen LogP contribution in [-0.2, 0) is 4.79 Å². The summed E-state index contributed by atoms with van der Waals surface area (Å²) in [5.41, 5.74) is 1.45. The zero-order chi connectivity index (χ0) is 18.7. The summed E-state index contributed by atoms with van der Waals surface area (Å²) in [7, 11) is 1.58. The molecular formula is C18H15ClN3O3S-. The van der Waals surface area contributed by atoms with E-state index in [2.05, 4.69) is 10.2 Å². The number of ether oxygens (including phenoxy) is 1. The first-order valence-corrected chi connectivity index (χ1v) is 8.99. The Kier molecular flexibility index (Phi) is 5.49. The topological polar surface area (TPSA) is 80.1 Å². The van der Waals surface area contributed by atoms with Crippen LogP contribution in [0.15, 0.2) is 53.7 Å². The van der Waals surface area contributed by atoms with Gasteiger partial charge in [-0.3, -0.25) is 4.57 Å². The number of rotatable bonds is 6. The van der Waals surface area contributed by atoms with Crippen molar-refractivity contribution in [2.75, 3.05) is 7.11 Å². The Morgan fingerprint density at radius 3 is 2.69 bits per heavy atom. The highest BCUT2D eigenvalue weighted by Crippen LogP contribution is 2.34. The Hall–Kier alpha value is -2.51. The van der Waals surface area contributed by atoms with Crippen LogP contribution >= 0.6 is 23.4 Å². The fourth-order valence-electron chi connectivity index (χ4n) is 2.40. The number of hydrogen-bond donors (Lipinski definition) is 0. The molecule has 8 heteroatoms. The molecule has 134 valence electrons. The number of aromatic nitrogens is 3. The van der Waals surface area contributed by atoms with Crippen LogP contribution in [0, 0.1) is 0 Å². The summed E-state index contributed by atoms with van der Waals surface area (Å²) in [6, 6.07) is 14.6. The van der Waals surface area contributed by atoms with E-state index in [0.29, 0.717) is 21.8 Å². The van der Waals surface area contributed by atoms with Gasteiger partial charge in [0.2, 0.25) is 0 Å². The van der Waals surface area contributed by atoms with E-state index in [1.165, 1.54) is 0 Å². The van der Waals surface area contributed by atoms with Gasteiger partial charge < -0.3 is 14.6 Å². The molecule has 0 radical (unpaired) electrons. The van der Waals surface area contributed by atoms with Crippen molar-refractivity contribution >= 4 is 29.3 Å². The molecule has 1 heterocycles. The van der Waals surface area contributed by atoms with Gasteiger partial charge in [-0.25, -0.2) is 0 Å². The number of methoxy groups -OCH3 is 1. The molecule has 0 spiro atoms. The van der Waals surface area contributed by atoms with Gasteiger partial charge in [0, 0.05) is 10.3 Å². The number of para-hydroxylation sites is 1. The van der Waals surface area contributed by atoms with Crippen LogP contribution in [0.1, 0.15) is 6.92 Å². The SMILES string of the molecule is COc1ccccc1-c1nnc(S[C@H](C)C(=O)[O-])n1-c1cccc(Cl)c1. The highest BCUT2D eigenvalue weighted by Gasteiger charge is 2.21. The standard InChI is InChI=1S/C18H16ClN3O3S/c1-11(17(23)24)26-18-21-20-16(14-8-3-4-9-15(14)25-2)22(18)13-7-5-6-12(19)10-13/h3-11H,1-2H3,(H,23,24)/p-1/t11-/m1/s1. The van der Waals surface area contributed by atoms with Crippen molar-refractivity contribution in [3.8, 4) is 22.8 Å². The Bertz CT molecular complexity index is 945. The highest BCUT2D eigenvalue weighted by atomic mass is 35.5. The van der Waals surface area contributed by atoms with Gasteiger partial charge in [0.1, 0.15) is 5.75 Å². The van der Waals surface area contributed by atoms with E-state index in [1.54, 1.807) is 36.8 Å². The molecule has 0 aliphatic rings. The Morgan fingerprint density at radius 1 is 1.23 bits per heavy atom. The van der Waals surface area contributed by atoms with E-state index in [1.807, 2.05) is 30.3 Å². The van der Waals surface area contributed by atoms with Gasteiger partial charge in [-0.2, -0.15) is 0 Å². The number of carboxylic acid groups (broad SMARTS) is 1. The molecule has 0 amide bonds. The molecule has 0 aliphatic carbocycles. The minimum absolute atomic E-state index is 0.421. The fourth-order valence-corrected chi connectivity index (χ4v) is 3.39. The first kappa shape index (κ1) is 18.3. The van der Waals surface area contributed by atoms with Gasteiger partial charge in [0.05, 0.1) is 24.3 Å². The molecule has 3 aromatic rings. The van der Waals surface area contributed by atoms with Crippen molar-refractivity contribution in [1.29, 1.82) is 0 Å². The predicted octanol–water partition coefficient (Wildman–Crippen LogP) is 2.83. The first-order chi connectivity index (χ1) is 12.5. The third kappa shape index (κ3) is 3.68. The van der Waals surface area contributed by atoms with Crippen molar-refractivity contribution in [2.45, 2.75) is 17.3 Å². The molecule has 0 N–H and O–H groups in total. The summed E-state index contributed by atoms with van der Waals surface area (Å²) in [4.78, 5) is 11.2. The second kappa shape index (κ2) is 7.80. The average Bonchev–Trinajstić information content (AvgIpc) is 3.04. The lowest BCUT2D eigenvalue weighted by atomic mass is 10.2. The van der Waals surface area contributed by atoms with E-state index in [9.17, 15) is 9.90 Å². The smallest absolute Gasteiger partial charge is 0.196 e. The minimum atomic E-state index is -1.17. The number of nitrogens with zero attached hydrogens (tertiary/aromatic N) is 3. The fraction of sp³-hybridized carbons (Fsp3) is 0.167. The summed E-state index contributed by atoms with van der Waals surface area (Å²) < 4.78 is 7.18. The number of carboxylic acids is 1. The van der Waals surface area contributed by atoms with Crippen molar-refractivity contribution in [1.82, 2.24) is 14.8 Å². The molecule has 3 rings (SSSR count). The van der Waals surface area contributed by atoms with E-state index in [0.717, 1.165) is 23.0 Å². The summed E-state index contributed by atoms with van der Waals surface area (Å²) >= 11 is 7.19. The molecule has 0 unspecified atom stereocenters. The van der Waals surface area contributed by atoms with Crippen LogP contribution in [0.25, 0.3) is 17.1 Å². The molecule has 0 saturated carbocycles. The molecule has 0 saturated heterocycles. The summed E-state index contributed by atoms with van der Waals surface area (Å²) in [6.45, 7) is 1.54. The van der Waals surface area contributed by atoms with Gasteiger partial charge in [-0.15, -0.1) is 10.2 Å². The number of aliphatic carboxylic acids is 1. The van der Waals surface area contributed by atoms with E-state index < -0.39 is 11.2 Å². The first-order valence-electron chi connectivity index (χ1n) is 7.73. The normalized spacial score (nSPS) is 12.0. The second-order valence-electron chi connectivity index (χ2n) is 5.40. The third-order valence-corrected chi connectivity index (χ3v) is 4.92. The van der Waals surface area contributed by atoms with Crippen molar-refractivity contribution in [3.63, 3.8) is 0 Å². The largest absolute Gasteiger partial charge is 0.549 e. The zero-order valence-electron chi connectivity index (χ0n) is 14.0. The Morgan fingerprint density at radius 2 is 2.00 bits per heavy atom. The van der Waals surface area contributed by atoms with Crippen molar-refractivity contribution in [2.24, 2.45) is 0 Å². The van der Waals surface area contributed by atoms with E-state index in [4.69, 9.17) is 16.3 Å². The van der Waals surface area contributed by atoms with Gasteiger partial charge >= 0.3 is 0 Å². The van der Waals surface area contributed by atoms with E-state index >= 15 is 0 Å². The summed E-state index contributed by atoms with van der Waals surface area (Å²) in [6.07, 6.45) is 0. The zero-order valence-corrected chi connectivity index (χ0v) is 15.6. The van der Waals surface area contributed by atoms with Crippen molar-refractivity contribution in [3.05, 3.63) is 53.6 Å². The number of halogens is 1. The maximum atomic E-state index is 11.2. The maximum Gasteiger partial charge on any atom is 0.196 e. The monoisotopic (exact) mass is 388 g/mol. The lowest BCUT2D eigenvalue weighted by molar-refractivity contribution is -0.304. The summed E-state index contributed by atoms with van der Waals surface area (Å²) in [5, 5.41) is 19.8. The van der Waals surface area contributed by atoms with Gasteiger partial charge in [-0.1, -0.05) is 41.6 Å². The minimum Gasteiger partial charge on any atom is -0.549 e. The van der Waals surface area contributed by atoms with Crippen LogP contribution in [0.2, 0.25) is 5.02 Å². The molecule has 1 atom stereocenters. The molecule has 2 aromatic carbocycles. The molecule has 1 aromatic heterocycles. The molecule has 0 aliphatic heterocycles. The lowest BCUT2D eigenvalue weighted by Crippen LogP contribution is -2.31. The second-order valence-corrected chi connectivity index (χ2v) is 7.15. The maximum absolute atomic E-state index is 11.2. The Balaban J connectivity index is 2.19. The van der Waals surface area contributed by atoms with Gasteiger partial charge in [-0.05, 0) is 37.3 Å². The van der Waals surface area contributed by atoms with Crippen LogP contribution in [0.5, 0.6) is 5.75 Å². The van der Waals surface area contributed by atoms with Crippen molar-refractivity contribution < 1.29 is 14.6 Å². The molecule has 26 heavy (non-hydrogen) atoms. The summed E-state index contributed by atoms with van der Waals surface area (Å²) in [5.74, 6) is -0.0140. The lowest BCUT2D eigenvalue weighted by Gasteiger charge is -2.15. The third-order valence-electron chi connectivity index (χ3n) is 3.66. The van der Waals surface area contributed by atoms with Crippen LogP contribution < -0.4 is 9.84 Å². The number of carbonyl (C=O) groups excluding carboxylic acids is 1. The van der Waals surface area contributed by atoms with Crippen LogP contribution in [0.4, 0.5) is 0 Å². The van der Waals surface area contributed by atoms with Gasteiger partial charge in [0.25, 0.3) is 0 Å². The molecule has 0 bridgehead atoms. The molecular weight excluding hydrogens is 374 g/mol. The highest BCUT2D eigenvalue weighted by molar-refractivity contribution is 8.00.